The van der Waals surface area contributed by atoms with Crippen molar-refractivity contribution in [1.29, 1.82) is 0 Å². The van der Waals surface area contributed by atoms with Crippen LogP contribution in [0.15, 0.2) is 58.7 Å². The second-order valence-electron chi connectivity index (χ2n) is 3.91. The highest BCUT2D eigenvalue weighted by atomic mass is 14.5. The SMILES string of the molecule is C1=CC2=CC3=CC=C4C=C1C2C43. The maximum atomic E-state index is 2.36. The van der Waals surface area contributed by atoms with E-state index in [2.05, 4.69) is 36.5 Å². The number of hydrogen-bond acceptors (Lipinski definition) is 0. The molecule has 4 aliphatic rings. The van der Waals surface area contributed by atoms with E-state index in [9.17, 15) is 0 Å². The van der Waals surface area contributed by atoms with Crippen LogP contribution < -0.4 is 0 Å². The molecule has 0 aromatic rings. The van der Waals surface area contributed by atoms with Crippen LogP contribution in [0.4, 0.5) is 0 Å². The molecule has 0 nitrogen and oxygen atoms in total. The summed E-state index contributed by atoms with van der Waals surface area (Å²) >= 11 is 0. The highest BCUT2D eigenvalue weighted by Gasteiger charge is 2.43. The number of rotatable bonds is 0. The molecule has 0 atom stereocenters. The summed E-state index contributed by atoms with van der Waals surface area (Å²) in [6, 6.07) is 0. The van der Waals surface area contributed by atoms with Gasteiger partial charge in [-0.1, -0.05) is 36.5 Å². The van der Waals surface area contributed by atoms with Crippen molar-refractivity contribution in [3.8, 4) is 0 Å². The van der Waals surface area contributed by atoms with Crippen LogP contribution in [0.1, 0.15) is 0 Å². The quantitative estimate of drug-likeness (QED) is 0.500. The summed E-state index contributed by atoms with van der Waals surface area (Å²) in [6.45, 7) is 0. The molecule has 56 valence electrons. The summed E-state index contributed by atoms with van der Waals surface area (Å²) in [5.74, 6) is 1.43. The van der Waals surface area contributed by atoms with Crippen molar-refractivity contribution >= 4 is 0 Å². The third kappa shape index (κ3) is 0.383. The van der Waals surface area contributed by atoms with E-state index in [0.717, 1.165) is 0 Å². The van der Waals surface area contributed by atoms with E-state index in [-0.39, 0.29) is 0 Å². The highest BCUT2D eigenvalue weighted by molar-refractivity contribution is 5.67. The monoisotopic (exact) mass is 152 g/mol. The molecule has 0 heteroatoms. The van der Waals surface area contributed by atoms with Crippen LogP contribution in [0, 0.1) is 11.8 Å². The minimum absolute atomic E-state index is 0.713. The lowest BCUT2D eigenvalue weighted by atomic mass is 9.91. The van der Waals surface area contributed by atoms with E-state index in [1.165, 1.54) is 22.3 Å². The minimum atomic E-state index is 0.713. The van der Waals surface area contributed by atoms with Gasteiger partial charge in [-0.2, -0.15) is 0 Å². The zero-order valence-electron chi connectivity index (χ0n) is 6.62. The first kappa shape index (κ1) is 5.36. The third-order valence-electron chi connectivity index (χ3n) is 3.37. The fraction of sp³-hybridized carbons (Fsp3) is 0.167. The Hall–Kier alpha value is -1.30. The van der Waals surface area contributed by atoms with Crippen molar-refractivity contribution in [1.82, 2.24) is 0 Å². The Labute approximate surface area is 71.3 Å². The molecule has 12 heavy (non-hydrogen) atoms. The molecule has 0 saturated heterocycles. The second kappa shape index (κ2) is 1.42. The van der Waals surface area contributed by atoms with Crippen molar-refractivity contribution in [3.63, 3.8) is 0 Å². The zero-order valence-corrected chi connectivity index (χ0v) is 6.62. The fourth-order valence-electron chi connectivity index (χ4n) is 2.89. The Bertz CT molecular complexity index is 399. The van der Waals surface area contributed by atoms with Crippen molar-refractivity contribution in [2.24, 2.45) is 11.8 Å². The maximum absolute atomic E-state index is 2.36. The third-order valence-corrected chi connectivity index (χ3v) is 3.37. The van der Waals surface area contributed by atoms with Gasteiger partial charge in [-0.3, -0.25) is 0 Å². The number of hydrogen-bond donors (Lipinski definition) is 0. The highest BCUT2D eigenvalue weighted by Crippen LogP contribution is 2.55. The molecule has 0 N–H and O–H groups in total. The molecule has 0 radical (unpaired) electrons. The Balaban J connectivity index is 2.15. The largest absolute Gasteiger partial charge is 0.0581 e. The Kier molecular flexibility index (Phi) is 0.637. The van der Waals surface area contributed by atoms with Gasteiger partial charge in [-0.05, 0) is 22.3 Å². The molecule has 0 heterocycles. The fourth-order valence-corrected chi connectivity index (χ4v) is 2.89. The lowest BCUT2D eigenvalue weighted by Crippen LogP contribution is -2.04. The van der Waals surface area contributed by atoms with Gasteiger partial charge in [0.25, 0.3) is 0 Å². The van der Waals surface area contributed by atoms with Crippen molar-refractivity contribution in [3.05, 3.63) is 58.7 Å². The van der Waals surface area contributed by atoms with E-state index in [0.29, 0.717) is 11.8 Å². The average molecular weight is 152 g/mol. The molecule has 0 amide bonds. The molecular formula is C12H8. The molecule has 4 aliphatic carbocycles. The zero-order chi connectivity index (χ0) is 7.71. The molecule has 0 aromatic heterocycles. The smallest absolute Gasteiger partial charge is 0.0199 e. The van der Waals surface area contributed by atoms with Crippen LogP contribution in [0.2, 0.25) is 0 Å². The Morgan fingerprint density at radius 2 is 1.17 bits per heavy atom. The summed E-state index contributed by atoms with van der Waals surface area (Å²) in [5.41, 5.74) is 6.11. The average Bonchev–Trinajstić information content (AvgIpc) is 2.71. The molecule has 0 aliphatic heterocycles. The normalized spacial score (nSPS) is 38.0. The van der Waals surface area contributed by atoms with E-state index < -0.39 is 0 Å². The van der Waals surface area contributed by atoms with Crippen LogP contribution in [0.25, 0.3) is 0 Å². The molecule has 0 bridgehead atoms. The summed E-state index contributed by atoms with van der Waals surface area (Å²) in [6.07, 6.45) is 13.8. The van der Waals surface area contributed by atoms with Crippen molar-refractivity contribution in [2.75, 3.05) is 0 Å². The molecular weight excluding hydrogens is 144 g/mol. The van der Waals surface area contributed by atoms with Gasteiger partial charge < -0.3 is 0 Å². The molecule has 4 rings (SSSR count). The van der Waals surface area contributed by atoms with Gasteiger partial charge in [0.05, 0.1) is 0 Å². The lowest BCUT2D eigenvalue weighted by Gasteiger charge is -2.10. The molecule has 0 unspecified atom stereocenters. The van der Waals surface area contributed by atoms with Crippen LogP contribution in [-0.4, -0.2) is 0 Å². The minimum Gasteiger partial charge on any atom is -0.0581 e. The van der Waals surface area contributed by atoms with Gasteiger partial charge in [-0.25, -0.2) is 0 Å². The van der Waals surface area contributed by atoms with Gasteiger partial charge in [0.1, 0.15) is 0 Å². The predicted molar refractivity (Wildman–Crippen MR) is 48.5 cm³/mol. The summed E-state index contributed by atoms with van der Waals surface area (Å²) in [7, 11) is 0. The molecule has 0 fully saturated rings. The molecule has 0 saturated carbocycles. The lowest BCUT2D eigenvalue weighted by molar-refractivity contribution is 0.671. The number of allylic oxidation sites excluding steroid dienone is 10. The first-order valence-electron chi connectivity index (χ1n) is 4.46. The van der Waals surface area contributed by atoms with E-state index in [1.54, 1.807) is 0 Å². The Morgan fingerprint density at radius 1 is 0.667 bits per heavy atom. The summed E-state index contributed by atoms with van der Waals surface area (Å²) in [4.78, 5) is 0. The van der Waals surface area contributed by atoms with Crippen LogP contribution in [0.5, 0.6) is 0 Å². The van der Waals surface area contributed by atoms with Crippen LogP contribution in [-0.2, 0) is 0 Å². The van der Waals surface area contributed by atoms with Gasteiger partial charge in [0.2, 0.25) is 0 Å². The second-order valence-corrected chi connectivity index (χ2v) is 3.91. The first-order valence-corrected chi connectivity index (χ1v) is 4.46. The van der Waals surface area contributed by atoms with Gasteiger partial charge in [0, 0.05) is 11.8 Å². The first-order chi connectivity index (χ1) is 5.93. The van der Waals surface area contributed by atoms with Crippen LogP contribution in [0.3, 0.4) is 0 Å². The topological polar surface area (TPSA) is 0 Å². The van der Waals surface area contributed by atoms with Gasteiger partial charge >= 0.3 is 0 Å². The van der Waals surface area contributed by atoms with Crippen molar-refractivity contribution in [2.45, 2.75) is 0 Å². The standard InChI is InChI=1S/C12H8/c1-2-8-6-10-4-3-9-5-7(1)11(8)12(9)10/h1-6,11-12H. The Morgan fingerprint density at radius 3 is 1.75 bits per heavy atom. The maximum Gasteiger partial charge on any atom is 0.0199 e. The van der Waals surface area contributed by atoms with Crippen LogP contribution >= 0.6 is 0 Å². The van der Waals surface area contributed by atoms with E-state index >= 15 is 0 Å². The summed E-state index contributed by atoms with van der Waals surface area (Å²) < 4.78 is 0. The van der Waals surface area contributed by atoms with Crippen molar-refractivity contribution < 1.29 is 0 Å². The van der Waals surface area contributed by atoms with E-state index in [4.69, 9.17) is 0 Å². The van der Waals surface area contributed by atoms with Gasteiger partial charge in [0.15, 0.2) is 0 Å². The predicted octanol–water partition coefficient (Wildman–Crippen LogP) is 2.54. The summed E-state index contributed by atoms with van der Waals surface area (Å²) in [5, 5.41) is 0. The molecule has 0 aromatic carbocycles. The van der Waals surface area contributed by atoms with Gasteiger partial charge in [-0.15, -0.1) is 0 Å². The van der Waals surface area contributed by atoms with E-state index in [1.807, 2.05) is 0 Å². The molecule has 0 spiro atoms.